The molecule has 0 heterocycles. The molecule has 0 radical (unpaired) electrons. The molecule has 2 atom stereocenters. The molecule has 1 aliphatic carbocycles. The molecule has 0 fully saturated rings. The van der Waals surface area contributed by atoms with E-state index in [2.05, 4.69) is 21.2 Å². The number of fused-ring (bicyclic) bond motifs is 1. The second-order valence-corrected chi connectivity index (χ2v) is 5.06. The lowest BCUT2D eigenvalue weighted by Crippen LogP contribution is -2.33. The summed E-state index contributed by atoms with van der Waals surface area (Å²) in [7, 11) is 0. The van der Waals surface area contributed by atoms with Gasteiger partial charge in [-0.25, -0.2) is 8.78 Å². The van der Waals surface area contributed by atoms with E-state index in [0.717, 1.165) is 22.9 Å². The van der Waals surface area contributed by atoms with Crippen molar-refractivity contribution in [1.82, 2.24) is 5.32 Å². The first-order chi connectivity index (χ1) is 8.09. The topological polar surface area (TPSA) is 32.3 Å². The molecule has 5 heteroatoms. The van der Waals surface area contributed by atoms with Gasteiger partial charge in [0, 0.05) is 17.1 Å². The van der Waals surface area contributed by atoms with Crippen LogP contribution in [-0.4, -0.2) is 24.2 Å². The van der Waals surface area contributed by atoms with Crippen molar-refractivity contribution in [3.8, 4) is 0 Å². The average molecular weight is 306 g/mol. The molecular weight excluding hydrogens is 292 g/mol. The first-order valence-electron chi connectivity index (χ1n) is 5.56. The first-order valence-corrected chi connectivity index (χ1v) is 6.35. The molecule has 0 spiro atoms. The van der Waals surface area contributed by atoms with Crippen molar-refractivity contribution < 1.29 is 13.9 Å². The molecule has 94 valence electrons. The quantitative estimate of drug-likeness (QED) is 0.896. The molecule has 0 bridgehead atoms. The summed E-state index contributed by atoms with van der Waals surface area (Å²) in [6.07, 6.45) is -2.47. The third kappa shape index (κ3) is 2.84. The van der Waals surface area contributed by atoms with Crippen LogP contribution in [0.5, 0.6) is 0 Å². The molecule has 2 nitrogen and oxygen atoms in total. The minimum absolute atomic E-state index is 0.0656. The zero-order chi connectivity index (χ0) is 12.4. The van der Waals surface area contributed by atoms with Crippen LogP contribution in [0.15, 0.2) is 22.7 Å². The normalized spacial score (nSPS) is 20.6. The van der Waals surface area contributed by atoms with Crippen molar-refractivity contribution >= 4 is 15.9 Å². The monoisotopic (exact) mass is 305 g/mol. The Balaban J connectivity index is 2.00. The van der Waals surface area contributed by atoms with Crippen LogP contribution in [0.4, 0.5) is 8.78 Å². The second kappa shape index (κ2) is 5.42. The Labute approximate surface area is 107 Å². The van der Waals surface area contributed by atoms with Gasteiger partial charge in [-0.1, -0.05) is 28.1 Å². The van der Waals surface area contributed by atoms with E-state index < -0.39 is 12.5 Å². The fourth-order valence-corrected chi connectivity index (χ4v) is 2.75. The SMILES string of the molecule is OC(CNC1CCc2c(Br)cccc21)C(F)F. The summed E-state index contributed by atoms with van der Waals surface area (Å²) in [5.74, 6) is 0. The Morgan fingerprint density at radius 3 is 2.94 bits per heavy atom. The largest absolute Gasteiger partial charge is 0.386 e. The summed E-state index contributed by atoms with van der Waals surface area (Å²) in [5, 5.41) is 12.1. The van der Waals surface area contributed by atoms with Gasteiger partial charge in [0.25, 0.3) is 6.43 Å². The summed E-state index contributed by atoms with van der Waals surface area (Å²) >= 11 is 3.48. The highest BCUT2D eigenvalue weighted by Gasteiger charge is 2.25. The first kappa shape index (κ1) is 12.9. The number of halogens is 3. The average Bonchev–Trinajstić information content (AvgIpc) is 2.70. The number of hydrogen-bond acceptors (Lipinski definition) is 2. The summed E-state index contributed by atoms with van der Waals surface area (Å²) in [6, 6.07) is 5.98. The molecular formula is C12H14BrF2NO. The van der Waals surface area contributed by atoms with E-state index in [1.807, 2.05) is 18.2 Å². The van der Waals surface area contributed by atoms with Crippen molar-refractivity contribution in [3.05, 3.63) is 33.8 Å². The van der Waals surface area contributed by atoms with Crippen LogP contribution in [0.2, 0.25) is 0 Å². The van der Waals surface area contributed by atoms with Gasteiger partial charge in [-0.2, -0.15) is 0 Å². The standard InChI is InChI=1S/C12H14BrF2NO/c13-9-3-1-2-8-7(9)4-5-10(8)16-6-11(17)12(14)15/h1-3,10-12,16-17H,4-6H2. The molecule has 2 N–H and O–H groups in total. The lowest BCUT2D eigenvalue weighted by atomic mass is 10.1. The molecule has 0 saturated carbocycles. The lowest BCUT2D eigenvalue weighted by Gasteiger charge is -2.17. The molecule has 1 aromatic carbocycles. The maximum Gasteiger partial charge on any atom is 0.265 e. The highest BCUT2D eigenvalue weighted by molar-refractivity contribution is 9.10. The molecule has 1 aromatic rings. The summed E-state index contributed by atoms with van der Waals surface area (Å²) in [6.45, 7) is -0.0751. The third-order valence-electron chi connectivity index (χ3n) is 3.08. The highest BCUT2D eigenvalue weighted by Crippen LogP contribution is 2.35. The predicted molar refractivity (Wildman–Crippen MR) is 65.2 cm³/mol. The van der Waals surface area contributed by atoms with Gasteiger partial charge in [0.1, 0.15) is 6.10 Å². The molecule has 2 rings (SSSR count). The van der Waals surface area contributed by atoms with Gasteiger partial charge in [0.05, 0.1) is 0 Å². The maximum atomic E-state index is 12.2. The number of nitrogens with one attached hydrogen (secondary N) is 1. The fraction of sp³-hybridized carbons (Fsp3) is 0.500. The second-order valence-electron chi connectivity index (χ2n) is 4.21. The molecule has 17 heavy (non-hydrogen) atoms. The predicted octanol–water partition coefficient (Wildman–Crippen LogP) is 2.65. The van der Waals surface area contributed by atoms with Crippen LogP contribution in [0.3, 0.4) is 0 Å². The molecule has 1 aliphatic rings. The van der Waals surface area contributed by atoms with Crippen LogP contribution in [-0.2, 0) is 6.42 Å². The Bertz CT molecular complexity index is 400. The van der Waals surface area contributed by atoms with E-state index in [0.29, 0.717) is 0 Å². The Morgan fingerprint density at radius 2 is 2.24 bits per heavy atom. The van der Waals surface area contributed by atoms with Gasteiger partial charge in [-0.15, -0.1) is 0 Å². The minimum atomic E-state index is -2.69. The number of benzene rings is 1. The maximum absolute atomic E-state index is 12.2. The van der Waals surface area contributed by atoms with E-state index in [1.165, 1.54) is 5.56 Å². The van der Waals surface area contributed by atoms with Crippen molar-refractivity contribution in [2.24, 2.45) is 0 Å². The van der Waals surface area contributed by atoms with Crippen molar-refractivity contribution in [2.75, 3.05) is 6.54 Å². The smallest absolute Gasteiger partial charge is 0.265 e. The zero-order valence-electron chi connectivity index (χ0n) is 9.17. The van der Waals surface area contributed by atoms with E-state index in [4.69, 9.17) is 5.11 Å². The van der Waals surface area contributed by atoms with Gasteiger partial charge in [0.2, 0.25) is 0 Å². The summed E-state index contributed by atoms with van der Waals surface area (Å²) in [5.41, 5.74) is 2.37. The van der Waals surface area contributed by atoms with E-state index in [-0.39, 0.29) is 12.6 Å². The van der Waals surface area contributed by atoms with Crippen LogP contribution >= 0.6 is 15.9 Å². The lowest BCUT2D eigenvalue weighted by molar-refractivity contribution is -0.00462. The van der Waals surface area contributed by atoms with Gasteiger partial charge in [-0.3, -0.25) is 0 Å². The van der Waals surface area contributed by atoms with Crippen LogP contribution < -0.4 is 5.32 Å². The van der Waals surface area contributed by atoms with E-state index >= 15 is 0 Å². The van der Waals surface area contributed by atoms with Crippen LogP contribution in [0.1, 0.15) is 23.6 Å². The summed E-state index contributed by atoms with van der Waals surface area (Å²) < 4.78 is 25.4. The molecule has 0 amide bonds. The van der Waals surface area contributed by atoms with Gasteiger partial charge in [0.15, 0.2) is 0 Å². The number of aliphatic hydroxyl groups excluding tert-OH is 1. The Morgan fingerprint density at radius 1 is 1.47 bits per heavy atom. The minimum Gasteiger partial charge on any atom is -0.386 e. The molecule has 0 aliphatic heterocycles. The van der Waals surface area contributed by atoms with E-state index in [9.17, 15) is 8.78 Å². The summed E-state index contributed by atoms with van der Waals surface area (Å²) in [4.78, 5) is 0. The van der Waals surface area contributed by atoms with Crippen LogP contribution in [0, 0.1) is 0 Å². The molecule has 0 aromatic heterocycles. The Hall–Kier alpha value is -0.520. The van der Waals surface area contributed by atoms with Crippen molar-refractivity contribution in [3.63, 3.8) is 0 Å². The number of alkyl halides is 2. The van der Waals surface area contributed by atoms with Gasteiger partial charge in [-0.05, 0) is 30.0 Å². The van der Waals surface area contributed by atoms with Crippen molar-refractivity contribution in [2.45, 2.75) is 31.4 Å². The molecule has 2 unspecified atom stereocenters. The number of rotatable bonds is 4. The number of hydrogen-bond donors (Lipinski definition) is 2. The van der Waals surface area contributed by atoms with Gasteiger partial charge < -0.3 is 10.4 Å². The van der Waals surface area contributed by atoms with E-state index in [1.54, 1.807) is 0 Å². The third-order valence-corrected chi connectivity index (χ3v) is 3.82. The van der Waals surface area contributed by atoms with Crippen LogP contribution in [0.25, 0.3) is 0 Å². The van der Waals surface area contributed by atoms with Gasteiger partial charge >= 0.3 is 0 Å². The number of aliphatic hydroxyl groups is 1. The molecule has 0 saturated heterocycles. The van der Waals surface area contributed by atoms with Crippen molar-refractivity contribution in [1.29, 1.82) is 0 Å². The Kier molecular flexibility index (Phi) is 4.12. The zero-order valence-corrected chi connectivity index (χ0v) is 10.8. The fourth-order valence-electron chi connectivity index (χ4n) is 2.17. The highest BCUT2D eigenvalue weighted by atomic mass is 79.9.